The van der Waals surface area contributed by atoms with E-state index in [0.717, 1.165) is 37.9 Å². The molecule has 0 radical (unpaired) electrons. The second-order valence-corrected chi connectivity index (χ2v) is 6.34. The Morgan fingerprint density at radius 3 is 2.81 bits per heavy atom. The average Bonchev–Trinajstić information content (AvgIpc) is 2.69. The van der Waals surface area contributed by atoms with Crippen LogP contribution in [0.3, 0.4) is 0 Å². The molecule has 1 aliphatic rings. The summed E-state index contributed by atoms with van der Waals surface area (Å²) in [6.07, 6.45) is 0.980. The van der Waals surface area contributed by atoms with E-state index in [1.165, 1.54) is 6.07 Å². The quantitative estimate of drug-likeness (QED) is 0.753. The average molecular weight is 378 g/mol. The van der Waals surface area contributed by atoms with Crippen LogP contribution in [0, 0.1) is 5.82 Å². The zero-order valence-corrected chi connectivity index (χ0v) is 14.2. The minimum Gasteiger partial charge on any atom is -0.341 e. The van der Waals surface area contributed by atoms with Crippen LogP contribution in [-0.2, 0) is 11.2 Å². The number of hydrogen-bond acceptors (Lipinski definition) is 2. The zero-order valence-electron chi connectivity index (χ0n) is 11.8. The number of alkyl halides is 1. The number of hydrogen-bond donors (Lipinski definition) is 0. The summed E-state index contributed by atoms with van der Waals surface area (Å²) in [6, 6.07) is 4.51. The van der Waals surface area contributed by atoms with E-state index in [0.29, 0.717) is 17.1 Å². The first-order valence-corrected chi connectivity index (χ1v) is 8.60. The first-order chi connectivity index (χ1) is 10.1. The fraction of sp³-hybridized carbons (Fsp3) is 0.533. The highest BCUT2D eigenvalue weighted by Crippen LogP contribution is 2.20. The number of nitrogens with zero attached hydrogens (tertiary/aromatic N) is 2. The molecule has 21 heavy (non-hydrogen) atoms. The lowest BCUT2D eigenvalue weighted by Gasteiger charge is -2.22. The van der Waals surface area contributed by atoms with Crippen LogP contribution in [0.5, 0.6) is 0 Å². The Balaban J connectivity index is 1.97. The molecule has 0 bridgehead atoms. The summed E-state index contributed by atoms with van der Waals surface area (Å²) < 4.78 is 13.8. The molecule has 3 nitrogen and oxygen atoms in total. The van der Waals surface area contributed by atoms with Gasteiger partial charge < -0.3 is 9.80 Å². The molecule has 0 saturated carbocycles. The predicted molar refractivity (Wildman–Crippen MR) is 86.5 cm³/mol. The van der Waals surface area contributed by atoms with Crippen LogP contribution in [0.15, 0.2) is 18.2 Å². The molecule has 0 aliphatic carbocycles. The molecule has 0 spiro atoms. The van der Waals surface area contributed by atoms with Crippen molar-refractivity contribution in [2.45, 2.75) is 12.8 Å². The van der Waals surface area contributed by atoms with E-state index in [1.807, 2.05) is 4.90 Å². The van der Waals surface area contributed by atoms with E-state index < -0.39 is 5.82 Å². The summed E-state index contributed by atoms with van der Waals surface area (Å²) in [4.78, 5) is 16.5. The minimum absolute atomic E-state index is 0.0317. The van der Waals surface area contributed by atoms with Crippen molar-refractivity contribution < 1.29 is 9.18 Å². The fourth-order valence-corrected chi connectivity index (χ4v) is 3.26. The van der Waals surface area contributed by atoms with Gasteiger partial charge in [0.15, 0.2) is 0 Å². The highest BCUT2D eigenvalue weighted by molar-refractivity contribution is 9.09. The van der Waals surface area contributed by atoms with Crippen LogP contribution in [0.25, 0.3) is 0 Å². The number of amides is 1. The van der Waals surface area contributed by atoms with Gasteiger partial charge in [0.1, 0.15) is 5.82 Å². The van der Waals surface area contributed by atoms with Crippen LogP contribution in [-0.4, -0.2) is 53.8 Å². The molecule has 0 atom stereocenters. The van der Waals surface area contributed by atoms with E-state index in [-0.39, 0.29) is 12.3 Å². The molecule has 1 saturated heterocycles. The molecule has 1 fully saturated rings. The van der Waals surface area contributed by atoms with Crippen molar-refractivity contribution in [1.82, 2.24) is 9.80 Å². The molecule has 1 aliphatic heterocycles. The second-order valence-electron chi connectivity index (χ2n) is 5.14. The van der Waals surface area contributed by atoms with Gasteiger partial charge in [-0.1, -0.05) is 33.6 Å². The third-order valence-corrected chi connectivity index (χ3v) is 4.44. The van der Waals surface area contributed by atoms with E-state index in [2.05, 4.69) is 20.8 Å². The van der Waals surface area contributed by atoms with Gasteiger partial charge in [-0.25, -0.2) is 4.39 Å². The number of carbonyl (C=O) groups is 1. The van der Waals surface area contributed by atoms with Crippen molar-refractivity contribution in [3.63, 3.8) is 0 Å². The molecule has 0 N–H and O–H groups in total. The Morgan fingerprint density at radius 1 is 1.29 bits per heavy atom. The third kappa shape index (κ3) is 4.66. The predicted octanol–water partition coefficient (Wildman–Crippen LogP) is 2.95. The first-order valence-electron chi connectivity index (χ1n) is 7.11. The lowest BCUT2D eigenvalue weighted by atomic mass is 10.1. The summed E-state index contributed by atoms with van der Waals surface area (Å²) in [6.45, 7) is 4.26. The molecule has 0 aromatic heterocycles. The lowest BCUT2D eigenvalue weighted by molar-refractivity contribution is -0.130. The van der Waals surface area contributed by atoms with Gasteiger partial charge in [0.2, 0.25) is 5.91 Å². The molecule has 1 heterocycles. The molecular formula is C15H19BrClFN2O. The maximum Gasteiger partial charge on any atom is 0.227 e. The molecule has 1 aromatic rings. The van der Waals surface area contributed by atoms with Gasteiger partial charge in [-0.05, 0) is 25.1 Å². The van der Waals surface area contributed by atoms with Crippen LogP contribution in [0.1, 0.15) is 12.0 Å². The zero-order chi connectivity index (χ0) is 15.2. The van der Waals surface area contributed by atoms with Gasteiger partial charge in [0.05, 0.1) is 6.42 Å². The maximum absolute atomic E-state index is 13.8. The van der Waals surface area contributed by atoms with E-state index in [4.69, 9.17) is 11.6 Å². The molecule has 1 aromatic carbocycles. The maximum atomic E-state index is 13.8. The summed E-state index contributed by atoms with van der Waals surface area (Å²) in [5, 5.41) is 1.25. The topological polar surface area (TPSA) is 23.6 Å². The van der Waals surface area contributed by atoms with Crippen molar-refractivity contribution in [3.05, 3.63) is 34.6 Å². The molecule has 116 valence electrons. The van der Waals surface area contributed by atoms with Crippen molar-refractivity contribution in [2.24, 2.45) is 0 Å². The number of carbonyl (C=O) groups excluding carboxylic acids is 1. The molecule has 6 heteroatoms. The molecule has 1 amide bonds. The second kappa shape index (κ2) is 8.11. The summed E-state index contributed by atoms with van der Waals surface area (Å²) in [5.74, 6) is -0.464. The van der Waals surface area contributed by atoms with Crippen molar-refractivity contribution in [3.8, 4) is 0 Å². The molecule has 2 rings (SSSR count). The van der Waals surface area contributed by atoms with Gasteiger partial charge in [0, 0.05) is 42.1 Å². The summed E-state index contributed by atoms with van der Waals surface area (Å²) in [7, 11) is 0. The Morgan fingerprint density at radius 2 is 2.10 bits per heavy atom. The Labute approximate surface area is 138 Å². The largest absolute Gasteiger partial charge is 0.341 e. The van der Waals surface area contributed by atoms with Crippen molar-refractivity contribution >= 4 is 33.4 Å². The number of halogens is 3. The van der Waals surface area contributed by atoms with Crippen molar-refractivity contribution in [1.29, 1.82) is 0 Å². The van der Waals surface area contributed by atoms with Crippen LogP contribution >= 0.6 is 27.5 Å². The minimum atomic E-state index is -0.411. The Bertz CT molecular complexity index is 480. The van der Waals surface area contributed by atoms with Crippen LogP contribution < -0.4 is 0 Å². The van der Waals surface area contributed by atoms with Crippen LogP contribution in [0.2, 0.25) is 5.02 Å². The van der Waals surface area contributed by atoms with Gasteiger partial charge >= 0.3 is 0 Å². The normalized spacial score (nSPS) is 16.8. The van der Waals surface area contributed by atoms with E-state index in [9.17, 15) is 9.18 Å². The fourth-order valence-electron chi connectivity index (χ4n) is 2.53. The van der Waals surface area contributed by atoms with Crippen molar-refractivity contribution in [2.75, 3.05) is 38.1 Å². The highest BCUT2D eigenvalue weighted by Gasteiger charge is 2.21. The summed E-state index contributed by atoms with van der Waals surface area (Å²) in [5.41, 5.74) is 0.297. The first kappa shape index (κ1) is 16.7. The molecular weight excluding hydrogens is 359 g/mol. The van der Waals surface area contributed by atoms with Gasteiger partial charge in [-0.3, -0.25) is 4.79 Å². The standard InChI is InChI=1S/C15H19BrClFN2O/c16-5-8-19-6-2-7-20(10-9-19)15(21)11-12-13(17)3-1-4-14(12)18/h1,3-4H,2,5-11H2. The molecule has 0 unspecified atom stereocenters. The third-order valence-electron chi connectivity index (χ3n) is 3.73. The SMILES string of the molecule is O=C(Cc1c(F)cccc1Cl)N1CCCN(CCBr)CC1. The number of rotatable bonds is 4. The van der Waals surface area contributed by atoms with Gasteiger partial charge in [-0.2, -0.15) is 0 Å². The lowest BCUT2D eigenvalue weighted by Crippen LogP contribution is -2.36. The van der Waals surface area contributed by atoms with Crippen LogP contribution in [0.4, 0.5) is 4.39 Å². The highest BCUT2D eigenvalue weighted by atomic mass is 79.9. The Kier molecular flexibility index (Phi) is 6.45. The summed E-state index contributed by atoms with van der Waals surface area (Å²) >= 11 is 9.42. The van der Waals surface area contributed by atoms with Gasteiger partial charge in [-0.15, -0.1) is 0 Å². The smallest absolute Gasteiger partial charge is 0.227 e. The van der Waals surface area contributed by atoms with Gasteiger partial charge in [0.25, 0.3) is 0 Å². The van der Waals surface area contributed by atoms with E-state index in [1.54, 1.807) is 12.1 Å². The monoisotopic (exact) mass is 376 g/mol. The Hall–Kier alpha value is -0.650. The number of benzene rings is 1. The van der Waals surface area contributed by atoms with E-state index >= 15 is 0 Å².